The second kappa shape index (κ2) is 8.89. The molecule has 3 aliphatic rings. The van der Waals surface area contributed by atoms with E-state index in [9.17, 15) is 4.79 Å². The summed E-state index contributed by atoms with van der Waals surface area (Å²) in [5, 5.41) is 3.67. The molecule has 23 heavy (non-hydrogen) atoms. The van der Waals surface area contributed by atoms with Crippen molar-refractivity contribution < 1.29 is 4.79 Å². The molecule has 1 amide bonds. The van der Waals surface area contributed by atoms with Crippen LogP contribution in [0.4, 0.5) is 0 Å². The van der Waals surface area contributed by atoms with E-state index in [1.807, 2.05) is 7.05 Å². The molecule has 0 spiro atoms. The van der Waals surface area contributed by atoms with Crippen molar-refractivity contribution in [1.29, 1.82) is 0 Å². The average molecular weight is 366 g/mol. The minimum atomic E-state index is 0. The van der Waals surface area contributed by atoms with Gasteiger partial charge in [0.25, 0.3) is 0 Å². The first-order chi connectivity index (χ1) is 10.0. The number of rotatable bonds is 3. The van der Waals surface area contributed by atoms with Gasteiger partial charge >= 0.3 is 0 Å². The maximum atomic E-state index is 12.6. The molecule has 4 nitrogen and oxygen atoms in total. The van der Waals surface area contributed by atoms with Gasteiger partial charge in [-0.2, -0.15) is 0 Å². The summed E-state index contributed by atoms with van der Waals surface area (Å²) >= 11 is 0. The summed E-state index contributed by atoms with van der Waals surface area (Å²) in [6, 6.07) is 2.42. The molecule has 3 aliphatic heterocycles. The van der Waals surface area contributed by atoms with E-state index >= 15 is 0 Å². The number of hydrogen-bond acceptors (Lipinski definition) is 3. The third-order valence-electron chi connectivity index (χ3n) is 6.16. The zero-order valence-electron chi connectivity index (χ0n) is 14.7. The zero-order chi connectivity index (χ0) is 15.0. The Morgan fingerprint density at radius 1 is 1.13 bits per heavy atom. The van der Waals surface area contributed by atoms with Gasteiger partial charge in [0.2, 0.25) is 5.91 Å². The fourth-order valence-corrected chi connectivity index (χ4v) is 4.55. The zero-order valence-corrected chi connectivity index (χ0v) is 16.3. The van der Waals surface area contributed by atoms with Crippen molar-refractivity contribution in [3.8, 4) is 0 Å². The Labute approximate surface area is 153 Å². The lowest BCUT2D eigenvalue weighted by Gasteiger charge is -2.40. The first-order valence-electron chi connectivity index (χ1n) is 8.75. The molecule has 3 saturated heterocycles. The third-order valence-corrected chi connectivity index (χ3v) is 6.16. The van der Waals surface area contributed by atoms with Gasteiger partial charge < -0.3 is 15.1 Å². The van der Waals surface area contributed by atoms with Crippen LogP contribution in [0.1, 0.15) is 51.9 Å². The highest BCUT2D eigenvalue weighted by atomic mass is 35.5. The average Bonchev–Trinajstić information content (AvgIpc) is 2.80. The minimum absolute atomic E-state index is 0. The van der Waals surface area contributed by atoms with Crippen molar-refractivity contribution in [3.63, 3.8) is 0 Å². The predicted octanol–water partition coefficient (Wildman–Crippen LogP) is 2.69. The van der Waals surface area contributed by atoms with Gasteiger partial charge in [0.15, 0.2) is 0 Å². The molecule has 136 valence electrons. The molecule has 3 fully saturated rings. The van der Waals surface area contributed by atoms with Crippen LogP contribution in [0.2, 0.25) is 0 Å². The van der Waals surface area contributed by atoms with Gasteiger partial charge in [-0.15, -0.1) is 24.8 Å². The molecule has 4 unspecified atom stereocenters. The Morgan fingerprint density at radius 2 is 1.74 bits per heavy atom. The van der Waals surface area contributed by atoms with Crippen LogP contribution in [-0.4, -0.2) is 60.5 Å². The maximum absolute atomic E-state index is 12.6. The summed E-state index contributed by atoms with van der Waals surface area (Å²) in [5.41, 5.74) is 0. The van der Waals surface area contributed by atoms with E-state index in [2.05, 4.69) is 29.1 Å². The summed E-state index contributed by atoms with van der Waals surface area (Å²) < 4.78 is 0. The first-order valence-corrected chi connectivity index (χ1v) is 8.75. The highest BCUT2D eigenvalue weighted by Gasteiger charge is 2.35. The number of likely N-dealkylation sites (tertiary alicyclic amines) is 1. The van der Waals surface area contributed by atoms with E-state index in [1.165, 1.54) is 25.7 Å². The Balaban J connectivity index is 0.00000132. The maximum Gasteiger partial charge on any atom is 0.222 e. The summed E-state index contributed by atoms with van der Waals surface area (Å²) in [4.78, 5) is 17.1. The van der Waals surface area contributed by atoms with Crippen LogP contribution in [0.25, 0.3) is 0 Å². The smallest absolute Gasteiger partial charge is 0.222 e. The largest absolute Gasteiger partial charge is 0.343 e. The molecular formula is C17H33Cl2N3O. The molecule has 3 heterocycles. The fraction of sp³-hybridized carbons (Fsp3) is 0.941. The van der Waals surface area contributed by atoms with Crippen LogP contribution in [0.15, 0.2) is 0 Å². The molecule has 0 aromatic rings. The first kappa shape index (κ1) is 21.0. The van der Waals surface area contributed by atoms with E-state index in [4.69, 9.17) is 0 Å². The predicted molar refractivity (Wildman–Crippen MR) is 99.7 cm³/mol. The Bertz CT molecular complexity index is 384. The molecule has 0 radical (unpaired) electrons. The highest BCUT2D eigenvalue weighted by Crippen LogP contribution is 2.33. The lowest BCUT2D eigenvalue weighted by molar-refractivity contribution is -0.134. The van der Waals surface area contributed by atoms with Crippen molar-refractivity contribution in [2.75, 3.05) is 20.6 Å². The second-order valence-corrected chi connectivity index (χ2v) is 7.69. The van der Waals surface area contributed by atoms with Crippen LogP contribution in [0, 0.1) is 5.92 Å². The Morgan fingerprint density at radius 3 is 2.30 bits per heavy atom. The topological polar surface area (TPSA) is 35.6 Å². The number of hydrogen-bond donors (Lipinski definition) is 1. The molecule has 1 N–H and O–H groups in total. The van der Waals surface area contributed by atoms with E-state index in [0.29, 0.717) is 36.0 Å². The summed E-state index contributed by atoms with van der Waals surface area (Å²) in [6.45, 7) is 3.38. The van der Waals surface area contributed by atoms with Crippen LogP contribution in [0.3, 0.4) is 0 Å². The van der Waals surface area contributed by atoms with E-state index in [0.717, 1.165) is 25.8 Å². The van der Waals surface area contributed by atoms with Crippen molar-refractivity contribution >= 4 is 30.7 Å². The molecule has 6 heteroatoms. The van der Waals surface area contributed by atoms with Crippen molar-refractivity contribution in [1.82, 2.24) is 15.1 Å². The quantitative estimate of drug-likeness (QED) is 0.834. The van der Waals surface area contributed by atoms with Crippen LogP contribution in [-0.2, 0) is 4.79 Å². The number of halogens is 2. The van der Waals surface area contributed by atoms with Gasteiger partial charge in [-0.3, -0.25) is 4.79 Å². The highest BCUT2D eigenvalue weighted by molar-refractivity contribution is 5.85. The number of piperidine rings is 2. The molecule has 0 aromatic heterocycles. The number of carbonyl (C=O) groups is 1. The van der Waals surface area contributed by atoms with Crippen molar-refractivity contribution in [2.45, 2.75) is 76.0 Å². The summed E-state index contributed by atoms with van der Waals surface area (Å²) in [7, 11) is 4.22. The molecule has 4 atom stereocenters. The van der Waals surface area contributed by atoms with E-state index in [1.54, 1.807) is 0 Å². The molecule has 2 bridgehead atoms. The van der Waals surface area contributed by atoms with Gasteiger partial charge in [0, 0.05) is 44.2 Å². The number of carbonyl (C=O) groups excluding carboxylic acids is 1. The molecule has 3 rings (SSSR count). The summed E-state index contributed by atoms with van der Waals surface area (Å²) in [5.74, 6) is 0.991. The molecular weight excluding hydrogens is 333 g/mol. The number of nitrogens with one attached hydrogen (secondary N) is 1. The molecule has 0 aromatic carbocycles. The number of fused-ring (bicyclic) bond motifs is 2. The van der Waals surface area contributed by atoms with Gasteiger partial charge in [-0.25, -0.2) is 0 Å². The monoisotopic (exact) mass is 365 g/mol. The lowest BCUT2D eigenvalue weighted by Crippen LogP contribution is -2.48. The number of amides is 1. The van der Waals surface area contributed by atoms with Gasteiger partial charge in [-0.1, -0.05) is 0 Å². The fourth-order valence-electron chi connectivity index (χ4n) is 4.55. The molecule has 0 aliphatic carbocycles. The van der Waals surface area contributed by atoms with E-state index in [-0.39, 0.29) is 24.8 Å². The van der Waals surface area contributed by atoms with Gasteiger partial charge in [0.05, 0.1) is 0 Å². The van der Waals surface area contributed by atoms with Crippen LogP contribution >= 0.6 is 24.8 Å². The SMILES string of the molecule is CC1CC(N(C)C(=O)CC2CC3CCC(C2)N3)CCN1C.Cl.Cl. The standard InChI is InChI=1S/C17H31N3O.2ClH/c1-12-8-16(6-7-19(12)2)20(3)17(21)11-13-9-14-4-5-15(10-13)18-14;;/h12-16,18H,4-11H2,1-3H3;2*1H. The molecule has 0 saturated carbocycles. The third kappa shape index (κ3) is 4.97. The van der Waals surface area contributed by atoms with Crippen LogP contribution < -0.4 is 5.32 Å². The minimum Gasteiger partial charge on any atom is -0.343 e. The van der Waals surface area contributed by atoms with Crippen LogP contribution in [0.5, 0.6) is 0 Å². The number of nitrogens with zero attached hydrogens (tertiary/aromatic N) is 2. The summed E-state index contributed by atoms with van der Waals surface area (Å²) in [6.07, 6.45) is 8.07. The van der Waals surface area contributed by atoms with Gasteiger partial charge in [0.1, 0.15) is 0 Å². The lowest BCUT2D eigenvalue weighted by atomic mass is 9.88. The van der Waals surface area contributed by atoms with Crippen molar-refractivity contribution in [3.05, 3.63) is 0 Å². The Hall–Kier alpha value is -0.0300. The Kier molecular flexibility index (Phi) is 8.12. The van der Waals surface area contributed by atoms with Crippen molar-refractivity contribution in [2.24, 2.45) is 5.92 Å². The van der Waals surface area contributed by atoms with Gasteiger partial charge in [-0.05, 0) is 58.4 Å². The normalized spacial score (nSPS) is 36.7. The van der Waals surface area contributed by atoms with E-state index < -0.39 is 0 Å². The second-order valence-electron chi connectivity index (χ2n) is 7.69.